The first kappa shape index (κ1) is 14.5. The molecule has 1 aromatic carbocycles. The fourth-order valence-electron chi connectivity index (χ4n) is 2.60. The van der Waals surface area contributed by atoms with Gasteiger partial charge in [0.15, 0.2) is 16.1 Å². The molecule has 0 atom stereocenters. The Morgan fingerprint density at radius 3 is 2.36 bits per heavy atom. The molecule has 0 unspecified atom stereocenters. The number of benzene rings is 1. The molecule has 4 nitrogen and oxygen atoms in total. The first-order valence-electron chi connectivity index (χ1n) is 6.78. The van der Waals surface area contributed by atoms with Crippen LogP contribution >= 0.6 is 0 Å². The number of hydrogen-bond donors (Lipinski definition) is 0. The Hall–Kier alpha value is -2.40. The third kappa shape index (κ3) is 2.33. The Balaban J connectivity index is 2.22. The third-order valence-electron chi connectivity index (χ3n) is 3.77. The Labute approximate surface area is 128 Å². The number of nitrogens with zero attached hydrogens (tertiary/aromatic N) is 1. The average molecular weight is 313 g/mol. The van der Waals surface area contributed by atoms with Crippen LogP contribution in [-0.4, -0.2) is 25.4 Å². The van der Waals surface area contributed by atoms with E-state index in [2.05, 4.69) is 0 Å². The third-order valence-corrected chi connectivity index (χ3v) is 4.90. The lowest BCUT2D eigenvalue weighted by molar-refractivity contribution is 0.111. The summed E-state index contributed by atoms with van der Waals surface area (Å²) >= 11 is 0. The van der Waals surface area contributed by atoms with Gasteiger partial charge in [0.05, 0.1) is 10.6 Å². The van der Waals surface area contributed by atoms with Crippen LogP contribution in [0.4, 0.5) is 0 Å². The number of aldehydes is 1. The first-order valence-corrected chi connectivity index (χ1v) is 8.67. The van der Waals surface area contributed by atoms with Crippen molar-refractivity contribution in [3.05, 3.63) is 59.9 Å². The zero-order valence-corrected chi connectivity index (χ0v) is 13.1. The second-order valence-corrected chi connectivity index (χ2v) is 7.32. The van der Waals surface area contributed by atoms with Crippen LogP contribution in [0.1, 0.15) is 16.1 Å². The van der Waals surface area contributed by atoms with E-state index in [9.17, 15) is 13.2 Å². The van der Waals surface area contributed by atoms with Crippen LogP contribution in [0, 0.1) is 6.92 Å². The van der Waals surface area contributed by atoms with Crippen molar-refractivity contribution in [1.29, 1.82) is 0 Å². The largest absolute Gasteiger partial charge is 0.313 e. The van der Waals surface area contributed by atoms with E-state index in [1.54, 1.807) is 24.3 Å². The number of sulfone groups is 1. The average Bonchev–Trinajstić information content (AvgIpc) is 2.86. The maximum absolute atomic E-state index is 11.5. The Morgan fingerprint density at radius 2 is 1.77 bits per heavy atom. The fourth-order valence-corrected chi connectivity index (χ4v) is 3.23. The quantitative estimate of drug-likeness (QED) is 0.698. The SMILES string of the molecule is Cc1cccn2c(C=O)c(-c3ccc(S(C)(=O)=O)cc3)cc12. The van der Waals surface area contributed by atoms with Gasteiger partial charge in [-0.05, 0) is 42.3 Å². The monoisotopic (exact) mass is 313 g/mol. The van der Waals surface area contributed by atoms with Gasteiger partial charge in [0.1, 0.15) is 0 Å². The molecule has 0 bridgehead atoms. The number of carbonyl (C=O) groups excluding carboxylic acids is 1. The summed E-state index contributed by atoms with van der Waals surface area (Å²) in [5, 5.41) is 0. The molecule has 0 fully saturated rings. The van der Waals surface area contributed by atoms with Gasteiger partial charge in [0, 0.05) is 23.5 Å². The van der Waals surface area contributed by atoms with E-state index >= 15 is 0 Å². The molecule has 0 N–H and O–H groups in total. The van der Waals surface area contributed by atoms with E-state index in [0.717, 1.165) is 28.5 Å². The van der Waals surface area contributed by atoms with Crippen molar-refractivity contribution in [3.8, 4) is 11.1 Å². The van der Waals surface area contributed by atoms with Crippen LogP contribution in [0.25, 0.3) is 16.6 Å². The molecule has 0 saturated carbocycles. The molecule has 0 radical (unpaired) electrons. The van der Waals surface area contributed by atoms with Crippen molar-refractivity contribution in [2.45, 2.75) is 11.8 Å². The van der Waals surface area contributed by atoms with Crippen LogP contribution in [0.15, 0.2) is 53.6 Å². The highest BCUT2D eigenvalue weighted by molar-refractivity contribution is 7.90. The van der Waals surface area contributed by atoms with Gasteiger partial charge in [-0.25, -0.2) is 8.42 Å². The van der Waals surface area contributed by atoms with E-state index in [4.69, 9.17) is 0 Å². The van der Waals surface area contributed by atoms with Crippen LogP contribution in [0.2, 0.25) is 0 Å². The molecule has 5 heteroatoms. The summed E-state index contributed by atoms with van der Waals surface area (Å²) in [5.74, 6) is 0. The first-order chi connectivity index (χ1) is 10.4. The van der Waals surface area contributed by atoms with E-state index in [1.165, 1.54) is 6.26 Å². The van der Waals surface area contributed by atoms with Gasteiger partial charge in [0.2, 0.25) is 0 Å². The highest BCUT2D eigenvalue weighted by Gasteiger charge is 2.13. The van der Waals surface area contributed by atoms with Crippen molar-refractivity contribution in [2.75, 3.05) is 6.26 Å². The molecule has 3 aromatic rings. The van der Waals surface area contributed by atoms with Crippen molar-refractivity contribution < 1.29 is 13.2 Å². The summed E-state index contributed by atoms with van der Waals surface area (Å²) in [6.07, 6.45) is 3.85. The maximum atomic E-state index is 11.5. The minimum Gasteiger partial charge on any atom is -0.313 e. The molecule has 22 heavy (non-hydrogen) atoms. The summed E-state index contributed by atoms with van der Waals surface area (Å²) in [7, 11) is -3.22. The van der Waals surface area contributed by atoms with Crippen molar-refractivity contribution in [2.24, 2.45) is 0 Å². The van der Waals surface area contributed by atoms with Gasteiger partial charge in [-0.1, -0.05) is 18.2 Å². The van der Waals surface area contributed by atoms with Crippen molar-refractivity contribution in [3.63, 3.8) is 0 Å². The highest BCUT2D eigenvalue weighted by Crippen LogP contribution is 2.29. The smallest absolute Gasteiger partial charge is 0.175 e. The molecule has 0 spiro atoms. The predicted octanol–water partition coefficient (Wildman–Crippen LogP) is 3.13. The summed E-state index contributed by atoms with van der Waals surface area (Å²) in [6.45, 7) is 1.99. The van der Waals surface area contributed by atoms with Gasteiger partial charge in [-0.2, -0.15) is 0 Å². The number of rotatable bonds is 3. The minimum atomic E-state index is -3.22. The predicted molar refractivity (Wildman–Crippen MR) is 86.1 cm³/mol. The number of carbonyl (C=O) groups is 1. The summed E-state index contributed by atoms with van der Waals surface area (Å²) in [6, 6.07) is 12.4. The summed E-state index contributed by atoms with van der Waals surface area (Å²) in [5.41, 5.74) is 4.21. The normalized spacial score (nSPS) is 11.7. The standard InChI is InChI=1S/C17H15NO3S/c1-12-4-3-9-18-16(12)10-15(17(18)11-19)13-5-7-14(8-6-13)22(2,20)21/h3-11H,1-2H3. The number of aromatic nitrogens is 1. The van der Waals surface area contributed by atoms with Gasteiger partial charge < -0.3 is 4.40 Å². The van der Waals surface area contributed by atoms with Crippen LogP contribution in [0.3, 0.4) is 0 Å². The molecule has 3 rings (SSSR count). The molecule has 0 aliphatic rings. The Kier molecular flexibility index (Phi) is 3.37. The van der Waals surface area contributed by atoms with Gasteiger partial charge >= 0.3 is 0 Å². The lowest BCUT2D eigenvalue weighted by atomic mass is 10.1. The van der Waals surface area contributed by atoms with E-state index in [0.29, 0.717) is 5.69 Å². The summed E-state index contributed by atoms with van der Waals surface area (Å²) in [4.78, 5) is 11.8. The highest BCUT2D eigenvalue weighted by atomic mass is 32.2. The van der Waals surface area contributed by atoms with E-state index < -0.39 is 9.84 Å². The van der Waals surface area contributed by atoms with Crippen LogP contribution < -0.4 is 0 Å². The van der Waals surface area contributed by atoms with E-state index in [1.807, 2.05) is 35.7 Å². The molecule has 2 heterocycles. The van der Waals surface area contributed by atoms with Crippen LogP contribution in [0.5, 0.6) is 0 Å². The maximum Gasteiger partial charge on any atom is 0.175 e. The number of hydrogen-bond acceptors (Lipinski definition) is 3. The second-order valence-electron chi connectivity index (χ2n) is 5.30. The zero-order chi connectivity index (χ0) is 15.9. The minimum absolute atomic E-state index is 0.267. The molecule has 112 valence electrons. The van der Waals surface area contributed by atoms with Crippen LogP contribution in [-0.2, 0) is 9.84 Å². The fraction of sp³-hybridized carbons (Fsp3) is 0.118. The Bertz CT molecular complexity index is 967. The number of aryl methyl sites for hydroxylation is 1. The van der Waals surface area contributed by atoms with Crippen molar-refractivity contribution >= 4 is 21.6 Å². The van der Waals surface area contributed by atoms with Gasteiger partial charge in [-0.15, -0.1) is 0 Å². The molecular formula is C17H15NO3S. The molecule has 2 aromatic heterocycles. The molecule has 0 amide bonds. The second kappa shape index (κ2) is 5.10. The van der Waals surface area contributed by atoms with Crippen molar-refractivity contribution in [1.82, 2.24) is 4.40 Å². The van der Waals surface area contributed by atoms with E-state index in [-0.39, 0.29) is 4.90 Å². The zero-order valence-electron chi connectivity index (χ0n) is 12.3. The molecule has 0 aliphatic heterocycles. The lowest BCUT2D eigenvalue weighted by Crippen LogP contribution is -1.96. The molecule has 0 aliphatic carbocycles. The number of fused-ring (bicyclic) bond motifs is 1. The molecule has 0 saturated heterocycles. The number of pyridine rings is 1. The topological polar surface area (TPSA) is 55.6 Å². The molecular weight excluding hydrogens is 298 g/mol. The Morgan fingerprint density at radius 1 is 1.09 bits per heavy atom. The lowest BCUT2D eigenvalue weighted by Gasteiger charge is -2.03. The van der Waals surface area contributed by atoms with Gasteiger partial charge in [-0.3, -0.25) is 4.79 Å². The van der Waals surface area contributed by atoms with Gasteiger partial charge in [0.25, 0.3) is 0 Å². The summed E-state index contributed by atoms with van der Waals surface area (Å²) < 4.78 is 24.9.